The van der Waals surface area contributed by atoms with Gasteiger partial charge in [0, 0.05) is 26.9 Å². The van der Waals surface area contributed by atoms with Gasteiger partial charge < -0.3 is 14.8 Å². The fourth-order valence-electron chi connectivity index (χ4n) is 2.92. The number of nitrogens with one attached hydrogen (secondary N) is 1. The largest absolute Gasteiger partial charge is 0.493 e. The molecule has 6 heteroatoms. The molecule has 0 saturated carbocycles. The molecule has 3 aromatic carbocycles. The van der Waals surface area contributed by atoms with E-state index in [1.165, 1.54) is 5.56 Å². The van der Waals surface area contributed by atoms with Crippen molar-refractivity contribution in [3.63, 3.8) is 0 Å². The minimum atomic E-state index is -0.274. The molecule has 4 nitrogen and oxygen atoms in total. The number of ether oxygens (including phenoxy) is 2. The van der Waals surface area contributed by atoms with Gasteiger partial charge >= 0.3 is 0 Å². The second-order valence-corrected chi connectivity index (χ2v) is 7.78. The van der Waals surface area contributed by atoms with Crippen LogP contribution in [-0.4, -0.2) is 12.5 Å². The molecule has 0 aliphatic carbocycles. The van der Waals surface area contributed by atoms with E-state index in [4.69, 9.17) is 32.7 Å². The van der Waals surface area contributed by atoms with Crippen LogP contribution < -0.4 is 14.8 Å². The van der Waals surface area contributed by atoms with Crippen LogP contribution in [0.1, 0.15) is 34.0 Å². The van der Waals surface area contributed by atoms with Crippen LogP contribution >= 0.6 is 23.2 Å². The molecule has 0 radical (unpaired) electrons. The normalized spacial score (nSPS) is 10.6. The first-order valence-electron chi connectivity index (χ1n) is 9.59. The van der Waals surface area contributed by atoms with E-state index >= 15 is 0 Å². The molecular weight excluding hydrogens is 421 g/mol. The van der Waals surface area contributed by atoms with Crippen LogP contribution in [0.25, 0.3) is 0 Å². The van der Waals surface area contributed by atoms with Gasteiger partial charge in [-0.3, -0.25) is 4.79 Å². The number of anilines is 1. The molecule has 3 aromatic rings. The zero-order valence-electron chi connectivity index (χ0n) is 17.1. The van der Waals surface area contributed by atoms with Crippen molar-refractivity contribution in [1.82, 2.24) is 0 Å². The van der Waals surface area contributed by atoms with Crippen molar-refractivity contribution >= 4 is 34.8 Å². The Morgan fingerprint density at radius 2 is 1.63 bits per heavy atom. The van der Waals surface area contributed by atoms with E-state index in [1.54, 1.807) is 36.4 Å². The van der Waals surface area contributed by atoms with E-state index in [0.717, 1.165) is 16.9 Å². The number of amides is 1. The summed E-state index contributed by atoms with van der Waals surface area (Å²) in [5.74, 6) is 1.18. The van der Waals surface area contributed by atoms with E-state index in [-0.39, 0.29) is 12.5 Å². The number of carbonyl (C=O) groups excluding carboxylic acids is 1. The monoisotopic (exact) mass is 443 g/mol. The Kier molecular flexibility index (Phi) is 7.24. The Hall–Kier alpha value is -2.69. The summed E-state index contributed by atoms with van der Waals surface area (Å²) in [5.41, 5.74) is 4.15. The highest BCUT2D eigenvalue weighted by Gasteiger charge is 2.13. The maximum atomic E-state index is 12.7. The van der Waals surface area contributed by atoms with Gasteiger partial charge in [-0.1, -0.05) is 29.3 Å². The summed E-state index contributed by atoms with van der Waals surface area (Å²) in [6.45, 7) is 6.81. The molecule has 0 heterocycles. The van der Waals surface area contributed by atoms with Gasteiger partial charge in [0.2, 0.25) is 0 Å². The van der Waals surface area contributed by atoms with Crippen molar-refractivity contribution in [1.29, 1.82) is 0 Å². The maximum Gasteiger partial charge on any atom is 0.255 e. The van der Waals surface area contributed by atoms with Crippen LogP contribution in [0.5, 0.6) is 11.5 Å². The molecule has 30 heavy (non-hydrogen) atoms. The Morgan fingerprint density at radius 3 is 2.30 bits per heavy atom. The van der Waals surface area contributed by atoms with Gasteiger partial charge in [-0.05, 0) is 80.4 Å². The van der Waals surface area contributed by atoms with Crippen molar-refractivity contribution in [3.05, 3.63) is 86.9 Å². The van der Waals surface area contributed by atoms with Gasteiger partial charge in [-0.15, -0.1) is 0 Å². The first kappa shape index (κ1) is 22.0. The number of carbonyl (C=O) groups is 1. The maximum absolute atomic E-state index is 12.7. The lowest BCUT2D eigenvalue weighted by Gasteiger charge is -2.14. The lowest BCUT2D eigenvalue weighted by molar-refractivity contribution is 0.102. The summed E-state index contributed by atoms with van der Waals surface area (Å²) in [7, 11) is 0. The standard InChI is InChI=1S/C24H23Cl2NO3/c1-4-29-23-8-6-17(24(28)27-21-12-19(25)11-20(26)13-21)10-18(23)14-30-22-7-5-15(2)16(3)9-22/h5-13H,4,14H2,1-3H3,(H,27,28). The second-order valence-electron chi connectivity index (χ2n) is 6.90. The lowest BCUT2D eigenvalue weighted by atomic mass is 10.1. The summed E-state index contributed by atoms with van der Waals surface area (Å²) in [5, 5.41) is 3.72. The molecule has 0 saturated heterocycles. The predicted octanol–water partition coefficient (Wildman–Crippen LogP) is 6.84. The Labute approximate surface area is 186 Å². The summed E-state index contributed by atoms with van der Waals surface area (Å²) < 4.78 is 11.7. The van der Waals surface area contributed by atoms with E-state index < -0.39 is 0 Å². The number of hydrogen-bond donors (Lipinski definition) is 1. The molecule has 0 aliphatic heterocycles. The van der Waals surface area contributed by atoms with Crippen LogP contribution in [-0.2, 0) is 6.61 Å². The lowest BCUT2D eigenvalue weighted by Crippen LogP contribution is -2.13. The molecule has 0 aromatic heterocycles. The molecule has 156 valence electrons. The van der Waals surface area contributed by atoms with Crippen molar-refractivity contribution in [2.75, 3.05) is 11.9 Å². The van der Waals surface area contributed by atoms with Gasteiger partial charge in [-0.25, -0.2) is 0 Å². The zero-order valence-corrected chi connectivity index (χ0v) is 18.6. The Morgan fingerprint density at radius 1 is 0.900 bits per heavy atom. The quantitative estimate of drug-likeness (QED) is 0.434. The number of hydrogen-bond acceptors (Lipinski definition) is 3. The van der Waals surface area contributed by atoms with Gasteiger partial charge in [0.25, 0.3) is 5.91 Å². The first-order valence-corrected chi connectivity index (χ1v) is 10.3. The molecule has 0 aliphatic rings. The van der Waals surface area contributed by atoms with E-state index in [2.05, 4.69) is 12.2 Å². The fraction of sp³-hybridized carbons (Fsp3) is 0.208. The molecule has 1 amide bonds. The molecular formula is C24H23Cl2NO3. The summed E-state index contributed by atoms with van der Waals surface area (Å²) in [6, 6.07) is 16.1. The molecule has 0 bridgehead atoms. The van der Waals surface area contributed by atoms with E-state index in [1.807, 2.05) is 32.0 Å². The summed E-state index contributed by atoms with van der Waals surface area (Å²) >= 11 is 12.0. The third-order valence-corrected chi connectivity index (χ3v) is 5.05. The SMILES string of the molecule is CCOc1ccc(C(=O)Nc2cc(Cl)cc(Cl)c2)cc1COc1ccc(C)c(C)c1. The molecule has 0 fully saturated rings. The van der Waals surface area contributed by atoms with Crippen molar-refractivity contribution in [2.24, 2.45) is 0 Å². The molecule has 0 spiro atoms. The van der Waals surface area contributed by atoms with Crippen LogP contribution in [0.3, 0.4) is 0 Å². The number of aryl methyl sites for hydroxylation is 2. The van der Waals surface area contributed by atoms with Crippen LogP contribution in [0, 0.1) is 13.8 Å². The minimum absolute atomic E-state index is 0.274. The molecule has 1 N–H and O–H groups in total. The highest BCUT2D eigenvalue weighted by Crippen LogP contribution is 2.26. The van der Waals surface area contributed by atoms with Crippen molar-refractivity contribution in [2.45, 2.75) is 27.4 Å². The number of halogens is 2. The minimum Gasteiger partial charge on any atom is -0.493 e. The Balaban J connectivity index is 1.80. The topological polar surface area (TPSA) is 47.6 Å². The van der Waals surface area contributed by atoms with Crippen LogP contribution in [0.2, 0.25) is 10.0 Å². The zero-order chi connectivity index (χ0) is 21.7. The highest BCUT2D eigenvalue weighted by molar-refractivity contribution is 6.35. The molecule has 0 unspecified atom stereocenters. The smallest absolute Gasteiger partial charge is 0.255 e. The predicted molar refractivity (Wildman–Crippen MR) is 122 cm³/mol. The summed E-state index contributed by atoms with van der Waals surface area (Å²) in [6.07, 6.45) is 0. The average molecular weight is 444 g/mol. The first-order chi connectivity index (χ1) is 14.4. The molecule has 0 atom stereocenters. The third-order valence-electron chi connectivity index (χ3n) is 4.62. The van der Waals surface area contributed by atoms with E-state index in [9.17, 15) is 4.79 Å². The van der Waals surface area contributed by atoms with Crippen LogP contribution in [0.4, 0.5) is 5.69 Å². The third kappa shape index (κ3) is 5.68. The molecule has 3 rings (SSSR count). The van der Waals surface area contributed by atoms with Crippen molar-refractivity contribution < 1.29 is 14.3 Å². The van der Waals surface area contributed by atoms with Gasteiger partial charge in [0.15, 0.2) is 0 Å². The van der Waals surface area contributed by atoms with Crippen molar-refractivity contribution in [3.8, 4) is 11.5 Å². The number of rotatable bonds is 7. The average Bonchev–Trinajstić information content (AvgIpc) is 2.69. The van der Waals surface area contributed by atoms with Gasteiger partial charge in [-0.2, -0.15) is 0 Å². The van der Waals surface area contributed by atoms with Gasteiger partial charge in [0.1, 0.15) is 18.1 Å². The second kappa shape index (κ2) is 9.88. The summed E-state index contributed by atoms with van der Waals surface area (Å²) in [4.78, 5) is 12.7. The Bertz CT molecular complexity index is 1050. The highest BCUT2D eigenvalue weighted by atomic mass is 35.5. The van der Waals surface area contributed by atoms with Crippen LogP contribution in [0.15, 0.2) is 54.6 Å². The fourth-order valence-corrected chi connectivity index (χ4v) is 3.45. The van der Waals surface area contributed by atoms with Gasteiger partial charge in [0.05, 0.1) is 6.61 Å². The number of benzene rings is 3. The van der Waals surface area contributed by atoms with E-state index in [0.29, 0.717) is 33.7 Å².